The van der Waals surface area contributed by atoms with Crippen LogP contribution in [0.2, 0.25) is 0 Å². The minimum atomic E-state index is -3.50. The van der Waals surface area contributed by atoms with Gasteiger partial charge in [0.2, 0.25) is 15.9 Å². The molecule has 8 heteroatoms. The molecule has 0 aromatic heterocycles. The predicted molar refractivity (Wildman–Crippen MR) is 120 cm³/mol. The Morgan fingerprint density at radius 3 is 2.29 bits per heavy atom. The molecule has 0 saturated carbocycles. The maximum Gasteiger partial charge on any atom is 0.251 e. The number of sulfonamides is 1. The topological polar surface area (TPSA) is 95.6 Å². The maximum atomic E-state index is 12.8. The van der Waals surface area contributed by atoms with Gasteiger partial charge in [-0.2, -0.15) is 4.31 Å². The molecule has 2 amide bonds. The highest BCUT2D eigenvalue weighted by atomic mass is 32.2. The van der Waals surface area contributed by atoms with Gasteiger partial charge in [0.15, 0.2) is 0 Å². The largest absolute Gasteiger partial charge is 0.352 e. The summed E-state index contributed by atoms with van der Waals surface area (Å²) in [6.45, 7) is 3.62. The Bertz CT molecular complexity index is 983. The van der Waals surface area contributed by atoms with Gasteiger partial charge in [-0.3, -0.25) is 9.59 Å². The van der Waals surface area contributed by atoms with E-state index in [1.54, 1.807) is 36.4 Å². The number of amides is 2. The molecule has 31 heavy (non-hydrogen) atoms. The quantitative estimate of drug-likeness (QED) is 0.612. The lowest BCUT2D eigenvalue weighted by Crippen LogP contribution is -2.37. The molecule has 0 atom stereocenters. The van der Waals surface area contributed by atoms with Gasteiger partial charge < -0.3 is 10.6 Å². The molecule has 1 aliphatic heterocycles. The highest BCUT2D eigenvalue weighted by molar-refractivity contribution is 7.89. The summed E-state index contributed by atoms with van der Waals surface area (Å²) in [6, 6.07) is 15.2. The fraction of sp³-hybridized carbons (Fsp3) is 0.391. The molecule has 0 spiro atoms. The first-order chi connectivity index (χ1) is 14.9. The lowest BCUT2D eigenvalue weighted by Gasteiger charge is -2.29. The minimum Gasteiger partial charge on any atom is -0.352 e. The summed E-state index contributed by atoms with van der Waals surface area (Å²) >= 11 is 0. The molecule has 1 heterocycles. The molecular weight excluding hydrogens is 414 g/mol. The van der Waals surface area contributed by atoms with Gasteiger partial charge in [0.25, 0.3) is 5.91 Å². The van der Waals surface area contributed by atoms with E-state index in [9.17, 15) is 18.0 Å². The number of carbonyl (C=O) groups excluding carboxylic acids is 2. The number of hydrogen-bond acceptors (Lipinski definition) is 4. The van der Waals surface area contributed by atoms with Crippen LogP contribution in [0.5, 0.6) is 0 Å². The van der Waals surface area contributed by atoms with E-state index in [-0.39, 0.29) is 23.1 Å². The standard InChI is InChI=1S/C23H29N3O4S/c1-18-13-16-26(17-14-18)31(29,30)21-11-9-20(10-12-21)25-22(27)8-5-15-24-23(28)19-6-3-2-4-7-19/h2-4,6-7,9-12,18H,5,8,13-17H2,1H3,(H,24,28)(H,25,27). The van der Waals surface area contributed by atoms with Crippen LogP contribution < -0.4 is 10.6 Å². The molecule has 7 nitrogen and oxygen atoms in total. The normalized spacial score (nSPS) is 15.4. The van der Waals surface area contributed by atoms with Gasteiger partial charge in [0, 0.05) is 37.3 Å². The summed E-state index contributed by atoms with van der Waals surface area (Å²) in [5.74, 6) is 0.200. The van der Waals surface area contributed by atoms with Gasteiger partial charge in [0.1, 0.15) is 0 Å². The van der Waals surface area contributed by atoms with Crippen LogP contribution in [0.3, 0.4) is 0 Å². The molecule has 2 aromatic rings. The third-order valence-corrected chi connectivity index (χ3v) is 7.33. The van der Waals surface area contributed by atoms with E-state index in [2.05, 4.69) is 17.6 Å². The van der Waals surface area contributed by atoms with E-state index in [1.165, 1.54) is 16.4 Å². The number of nitrogens with one attached hydrogen (secondary N) is 2. The van der Waals surface area contributed by atoms with Crippen molar-refractivity contribution in [1.82, 2.24) is 9.62 Å². The Labute approximate surface area is 183 Å². The first-order valence-electron chi connectivity index (χ1n) is 10.6. The van der Waals surface area contributed by atoms with Crippen molar-refractivity contribution in [2.24, 2.45) is 5.92 Å². The smallest absolute Gasteiger partial charge is 0.251 e. The van der Waals surface area contributed by atoms with E-state index in [1.807, 2.05) is 6.07 Å². The Balaban J connectivity index is 1.44. The lowest BCUT2D eigenvalue weighted by molar-refractivity contribution is -0.116. The number of hydrogen-bond donors (Lipinski definition) is 2. The summed E-state index contributed by atoms with van der Waals surface area (Å²) in [4.78, 5) is 24.3. The van der Waals surface area contributed by atoms with Crippen molar-refractivity contribution >= 4 is 27.5 Å². The van der Waals surface area contributed by atoms with Gasteiger partial charge in [-0.05, 0) is 61.6 Å². The number of rotatable bonds is 8. The first-order valence-corrected chi connectivity index (χ1v) is 12.0. The molecule has 0 unspecified atom stereocenters. The summed E-state index contributed by atoms with van der Waals surface area (Å²) in [5, 5.41) is 5.55. The van der Waals surface area contributed by atoms with Crippen molar-refractivity contribution in [3.05, 3.63) is 60.2 Å². The number of nitrogens with zero attached hydrogens (tertiary/aromatic N) is 1. The second-order valence-corrected chi connectivity index (χ2v) is 9.82. The monoisotopic (exact) mass is 443 g/mol. The van der Waals surface area contributed by atoms with Crippen LogP contribution in [0.4, 0.5) is 5.69 Å². The zero-order chi connectivity index (χ0) is 22.3. The third-order valence-electron chi connectivity index (χ3n) is 5.42. The molecule has 1 saturated heterocycles. The second kappa shape index (κ2) is 10.5. The Kier molecular flexibility index (Phi) is 7.81. The Morgan fingerprint density at radius 1 is 1.00 bits per heavy atom. The molecule has 1 aliphatic rings. The third kappa shape index (κ3) is 6.38. The molecule has 3 rings (SSSR count). The van der Waals surface area contributed by atoms with Crippen LogP contribution in [0, 0.1) is 5.92 Å². The van der Waals surface area contributed by atoms with Crippen molar-refractivity contribution in [1.29, 1.82) is 0 Å². The number of anilines is 1. The lowest BCUT2D eigenvalue weighted by atomic mass is 10.0. The van der Waals surface area contributed by atoms with Gasteiger partial charge in [0.05, 0.1) is 4.90 Å². The average Bonchev–Trinajstić information content (AvgIpc) is 2.78. The van der Waals surface area contributed by atoms with E-state index >= 15 is 0 Å². The van der Waals surface area contributed by atoms with Crippen molar-refractivity contribution in [2.45, 2.75) is 37.5 Å². The van der Waals surface area contributed by atoms with Crippen LogP contribution >= 0.6 is 0 Å². The zero-order valence-electron chi connectivity index (χ0n) is 17.7. The zero-order valence-corrected chi connectivity index (χ0v) is 18.5. The number of piperidine rings is 1. The van der Waals surface area contributed by atoms with Crippen LogP contribution in [0.25, 0.3) is 0 Å². The number of benzene rings is 2. The minimum absolute atomic E-state index is 0.166. The van der Waals surface area contributed by atoms with E-state index in [0.29, 0.717) is 43.2 Å². The van der Waals surface area contributed by atoms with Crippen molar-refractivity contribution in [2.75, 3.05) is 25.0 Å². The molecule has 166 valence electrons. The highest BCUT2D eigenvalue weighted by Gasteiger charge is 2.27. The molecule has 0 radical (unpaired) electrons. The van der Waals surface area contributed by atoms with Crippen molar-refractivity contribution < 1.29 is 18.0 Å². The van der Waals surface area contributed by atoms with E-state index in [0.717, 1.165) is 12.8 Å². The summed E-state index contributed by atoms with van der Waals surface area (Å²) in [6.07, 6.45) is 2.50. The summed E-state index contributed by atoms with van der Waals surface area (Å²) < 4.78 is 27.1. The average molecular weight is 444 g/mol. The first kappa shape index (κ1) is 23.0. The summed E-state index contributed by atoms with van der Waals surface area (Å²) in [5.41, 5.74) is 1.13. The fourth-order valence-electron chi connectivity index (χ4n) is 3.45. The Hall–Kier alpha value is -2.71. The fourth-order valence-corrected chi connectivity index (χ4v) is 4.92. The van der Waals surface area contributed by atoms with Crippen LogP contribution in [-0.2, 0) is 14.8 Å². The van der Waals surface area contributed by atoms with Crippen molar-refractivity contribution in [3.63, 3.8) is 0 Å². The van der Waals surface area contributed by atoms with E-state index in [4.69, 9.17) is 0 Å². The SMILES string of the molecule is CC1CCN(S(=O)(=O)c2ccc(NC(=O)CCCNC(=O)c3ccccc3)cc2)CC1. The predicted octanol–water partition coefficient (Wildman–Crippen LogP) is 3.26. The van der Waals surface area contributed by atoms with Crippen LogP contribution in [-0.4, -0.2) is 44.2 Å². The van der Waals surface area contributed by atoms with Crippen LogP contribution in [0.1, 0.15) is 43.0 Å². The maximum absolute atomic E-state index is 12.8. The molecule has 2 N–H and O–H groups in total. The van der Waals surface area contributed by atoms with Crippen molar-refractivity contribution in [3.8, 4) is 0 Å². The molecule has 2 aromatic carbocycles. The summed E-state index contributed by atoms with van der Waals surface area (Å²) in [7, 11) is -3.50. The number of carbonyl (C=O) groups is 2. The van der Waals surface area contributed by atoms with Crippen LogP contribution in [0.15, 0.2) is 59.5 Å². The Morgan fingerprint density at radius 2 is 1.65 bits per heavy atom. The van der Waals surface area contributed by atoms with Gasteiger partial charge in [-0.1, -0.05) is 25.1 Å². The van der Waals surface area contributed by atoms with E-state index < -0.39 is 10.0 Å². The van der Waals surface area contributed by atoms with Gasteiger partial charge in [-0.25, -0.2) is 8.42 Å². The second-order valence-electron chi connectivity index (χ2n) is 7.88. The van der Waals surface area contributed by atoms with Gasteiger partial charge in [-0.15, -0.1) is 0 Å². The van der Waals surface area contributed by atoms with Gasteiger partial charge >= 0.3 is 0 Å². The highest BCUT2D eigenvalue weighted by Crippen LogP contribution is 2.24. The molecular formula is C23H29N3O4S. The molecule has 0 aliphatic carbocycles. The molecule has 0 bridgehead atoms. The molecule has 1 fully saturated rings.